The zero-order valence-electron chi connectivity index (χ0n) is 13.3. The van der Waals surface area contributed by atoms with Crippen LogP contribution in [0.3, 0.4) is 0 Å². The number of aryl methyl sites for hydroxylation is 1. The largest absolute Gasteiger partial charge is 0.465 e. The third-order valence-electron chi connectivity index (χ3n) is 4.04. The molecule has 0 N–H and O–H groups in total. The Hall–Kier alpha value is -1.76. The van der Waals surface area contributed by atoms with Crippen molar-refractivity contribution >= 4 is 44.9 Å². The van der Waals surface area contributed by atoms with Crippen molar-refractivity contribution in [3.63, 3.8) is 0 Å². The molecule has 0 unspecified atom stereocenters. The molecule has 0 aromatic heterocycles. The van der Waals surface area contributed by atoms with Gasteiger partial charge in [0.2, 0.25) is 0 Å². The maximum Gasteiger partial charge on any atom is 0.337 e. The minimum absolute atomic E-state index is 0.0498. The molecule has 132 valence electrons. The molecule has 0 spiro atoms. The summed E-state index contributed by atoms with van der Waals surface area (Å²) in [6.07, 6.45) is 1.42. The molecule has 2 aromatic rings. The van der Waals surface area contributed by atoms with E-state index in [2.05, 4.69) is 4.74 Å². The van der Waals surface area contributed by atoms with Gasteiger partial charge in [-0.2, -0.15) is 0 Å². The Balaban J connectivity index is 2.11. The van der Waals surface area contributed by atoms with Gasteiger partial charge in [-0.3, -0.25) is 4.31 Å². The predicted molar refractivity (Wildman–Crippen MR) is 97.1 cm³/mol. The number of nitrogens with zero attached hydrogens (tertiary/aromatic N) is 1. The number of rotatable bonds is 3. The monoisotopic (exact) mass is 399 g/mol. The molecular weight excluding hydrogens is 385 g/mol. The van der Waals surface area contributed by atoms with E-state index in [1.54, 1.807) is 18.2 Å². The molecule has 1 aliphatic rings. The van der Waals surface area contributed by atoms with Crippen LogP contribution >= 0.6 is 23.2 Å². The third kappa shape index (κ3) is 3.34. The minimum atomic E-state index is -3.93. The molecule has 8 heteroatoms. The Bertz CT molecular complexity index is 944. The van der Waals surface area contributed by atoms with E-state index in [9.17, 15) is 13.2 Å². The zero-order chi connectivity index (χ0) is 18.2. The summed E-state index contributed by atoms with van der Waals surface area (Å²) in [5.41, 5.74) is 1.57. The number of sulfonamides is 1. The van der Waals surface area contributed by atoms with E-state index in [0.717, 1.165) is 12.0 Å². The maximum absolute atomic E-state index is 13.2. The number of esters is 1. The van der Waals surface area contributed by atoms with E-state index in [1.165, 1.54) is 29.6 Å². The van der Waals surface area contributed by atoms with E-state index in [1.807, 2.05) is 0 Å². The van der Waals surface area contributed by atoms with Crippen molar-refractivity contribution < 1.29 is 17.9 Å². The Morgan fingerprint density at radius 2 is 1.92 bits per heavy atom. The first-order valence-electron chi connectivity index (χ1n) is 7.53. The van der Waals surface area contributed by atoms with Crippen LogP contribution in [0, 0.1) is 0 Å². The highest BCUT2D eigenvalue weighted by atomic mass is 35.5. The van der Waals surface area contributed by atoms with Gasteiger partial charge in [-0.25, -0.2) is 13.2 Å². The van der Waals surface area contributed by atoms with Crippen LogP contribution in [0.15, 0.2) is 41.3 Å². The highest BCUT2D eigenvalue weighted by molar-refractivity contribution is 7.93. The van der Waals surface area contributed by atoms with Crippen LogP contribution in [0.2, 0.25) is 10.0 Å². The highest BCUT2D eigenvalue weighted by Gasteiger charge is 2.31. The van der Waals surface area contributed by atoms with Crippen LogP contribution in [0.4, 0.5) is 5.69 Å². The molecule has 0 fully saturated rings. The van der Waals surface area contributed by atoms with Gasteiger partial charge in [0, 0.05) is 11.6 Å². The Kier molecular flexibility index (Phi) is 4.95. The van der Waals surface area contributed by atoms with E-state index in [0.29, 0.717) is 23.7 Å². The van der Waals surface area contributed by atoms with Gasteiger partial charge in [-0.05, 0) is 54.8 Å². The van der Waals surface area contributed by atoms with Crippen molar-refractivity contribution in [2.45, 2.75) is 17.7 Å². The van der Waals surface area contributed by atoms with Gasteiger partial charge < -0.3 is 4.74 Å². The number of ether oxygens (including phenoxy) is 1. The SMILES string of the molecule is COC(=O)c1ccc(Cl)c(S(=O)(=O)N2CCCc3cc(Cl)ccc32)c1. The fraction of sp³-hybridized carbons (Fsp3) is 0.235. The fourth-order valence-electron chi connectivity index (χ4n) is 2.85. The Morgan fingerprint density at radius 3 is 2.64 bits per heavy atom. The molecule has 1 heterocycles. The first-order valence-corrected chi connectivity index (χ1v) is 9.73. The molecule has 0 saturated carbocycles. The third-order valence-corrected chi connectivity index (χ3v) is 6.57. The highest BCUT2D eigenvalue weighted by Crippen LogP contribution is 2.35. The zero-order valence-corrected chi connectivity index (χ0v) is 15.7. The number of anilines is 1. The van der Waals surface area contributed by atoms with Crippen molar-refractivity contribution in [2.75, 3.05) is 18.0 Å². The van der Waals surface area contributed by atoms with E-state index in [4.69, 9.17) is 23.2 Å². The lowest BCUT2D eigenvalue weighted by Crippen LogP contribution is -2.35. The summed E-state index contributed by atoms with van der Waals surface area (Å²) in [4.78, 5) is 11.6. The lowest BCUT2D eigenvalue weighted by Gasteiger charge is -2.31. The van der Waals surface area contributed by atoms with Crippen LogP contribution in [-0.2, 0) is 21.2 Å². The van der Waals surface area contributed by atoms with E-state index < -0.39 is 16.0 Å². The Morgan fingerprint density at radius 1 is 1.16 bits per heavy atom. The smallest absolute Gasteiger partial charge is 0.337 e. The second kappa shape index (κ2) is 6.86. The molecule has 0 atom stereocenters. The molecule has 0 bridgehead atoms. The van der Waals surface area contributed by atoms with Crippen molar-refractivity contribution in [1.29, 1.82) is 0 Å². The summed E-state index contributed by atoms with van der Waals surface area (Å²) in [6, 6.07) is 9.16. The summed E-state index contributed by atoms with van der Waals surface area (Å²) in [7, 11) is -2.70. The number of hydrogen-bond donors (Lipinski definition) is 0. The van der Waals surface area contributed by atoms with Crippen LogP contribution in [0.1, 0.15) is 22.3 Å². The number of hydrogen-bond acceptors (Lipinski definition) is 4. The quantitative estimate of drug-likeness (QED) is 0.733. The van der Waals surface area contributed by atoms with Gasteiger partial charge in [0.05, 0.1) is 23.4 Å². The molecule has 2 aromatic carbocycles. The second-order valence-corrected chi connectivity index (χ2v) is 8.26. The number of carbonyl (C=O) groups excluding carboxylic acids is 1. The number of methoxy groups -OCH3 is 1. The number of fused-ring (bicyclic) bond motifs is 1. The van der Waals surface area contributed by atoms with Gasteiger partial charge in [0.1, 0.15) is 4.90 Å². The summed E-state index contributed by atoms with van der Waals surface area (Å²) in [6.45, 7) is 0.329. The van der Waals surface area contributed by atoms with Crippen LogP contribution in [0.25, 0.3) is 0 Å². The number of benzene rings is 2. The fourth-order valence-corrected chi connectivity index (χ4v) is 5.08. The van der Waals surface area contributed by atoms with Crippen LogP contribution in [0.5, 0.6) is 0 Å². The van der Waals surface area contributed by atoms with Crippen LogP contribution < -0.4 is 4.31 Å². The van der Waals surface area contributed by atoms with Gasteiger partial charge >= 0.3 is 5.97 Å². The maximum atomic E-state index is 13.2. The first kappa shape index (κ1) is 18.0. The lowest BCUT2D eigenvalue weighted by atomic mass is 10.0. The van der Waals surface area contributed by atoms with E-state index in [-0.39, 0.29) is 15.5 Å². The molecule has 0 amide bonds. The van der Waals surface area contributed by atoms with E-state index >= 15 is 0 Å². The van der Waals surface area contributed by atoms with Crippen molar-refractivity contribution in [2.24, 2.45) is 0 Å². The molecule has 1 aliphatic heterocycles. The lowest BCUT2D eigenvalue weighted by molar-refractivity contribution is 0.0600. The summed E-state index contributed by atoms with van der Waals surface area (Å²) >= 11 is 12.1. The molecule has 0 radical (unpaired) electrons. The first-order chi connectivity index (χ1) is 11.8. The summed E-state index contributed by atoms with van der Waals surface area (Å²) in [5, 5.41) is 0.609. The normalized spacial score (nSPS) is 14.1. The molecule has 0 saturated heterocycles. The van der Waals surface area contributed by atoms with Crippen molar-refractivity contribution in [1.82, 2.24) is 0 Å². The molecule has 5 nitrogen and oxygen atoms in total. The molecular formula is C17H15Cl2NO4S. The average molecular weight is 400 g/mol. The van der Waals surface area contributed by atoms with Crippen molar-refractivity contribution in [3.8, 4) is 0 Å². The molecule has 3 rings (SSSR count). The number of halogens is 2. The number of carbonyl (C=O) groups is 1. The predicted octanol–water partition coefficient (Wildman–Crippen LogP) is 3.92. The standard InChI is InChI=1S/C17H15Cl2NO4S/c1-24-17(21)12-4-6-14(19)16(10-12)25(22,23)20-8-2-3-11-9-13(18)5-7-15(11)20/h4-7,9-10H,2-3,8H2,1H3. The topological polar surface area (TPSA) is 63.7 Å². The second-order valence-electron chi connectivity index (χ2n) is 5.59. The summed E-state index contributed by atoms with van der Waals surface area (Å²) in [5.74, 6) is -0.626. The minimum Gasteiger partial charge on any atom is -0.465 e. The van der Waals surface area contributed by atoms with Gasteiger partial charge in [0.25, 0.3) is 10.0 Å². The van der Waals surface area contributed by atoms with Gasteiger partial charge in [-0.1, -0.05) is 23.2 Å². The molecule has 0 aliphatic carbocycles. The van der Waals surface area contributed by atoms with Crippen molar-refractivity contribution in [3.05, 3.63) is 57.6 Å². The Labute approximate surface area is 156 Å². The average Bonchev–Trinajstić information content (AvgIpc) is 2.60. The molecule has 25 heavy (non-hydrogen) atoms. The van der Waals surface area contributed by atoms with Crippen LogP contribution in [-0.4, -0.2) is 28.0 Å². The van der Waals surface area contributed by atoms with Gasteiger partial charge in [-0.15, -0.1) is 0 Å². The van der Waals surface area contributed by atoms with Gasteiger partial charge in [0.15, 0.2) is 0 Å². The summed E-state index contributed by atoms with van der Waals surface area (Å²) < 4.78 is 32.3.